The van der Waals surface area contributed by atoms with Gasteiger partial charge in [0.1, 0.15) is 6.04 Å². The van der Waals surface area contributed by atoms with Gasteiger partial charge in [0.15, 0.2) is 0 Å². The van der Waals surface area contributed by atoms with E-state index in [2.05, 4.69) is 53.1 Å². The third-order valence-corrected chi connectivity index (χ3v) is 4.94. The Labute approximate surface area is 156 Å². The Morgan fingerprint density at radius 1 is 0.962 bits per heavy atom. The normalized spacial score (nSPS) is 21.5. The third kappa shape index (κ3) is 4.71. The van der Waals surface area contributed by atoms with Crippen LogP contribution in [0.1, 0.15) is 25.0 Å². The summed E-state index contributed by atoms with van der Waals surface area (Å²) in [5.74, 6) is -0.118. The second-order valence-electron chi connectivity index (χ2n) is 6.95. The van der Waals surface area contributed by atoms with Gasteiger partial charge in [-0.15, -0.1) is 0 Å². The van der Waals surface area contributed by atoms with Crippen LogP contribution in [-0.4, -0.2) is 47.5 Å². The fraction of sp³-hybridized carbons (Fsp3) is 0.409. The number of ether oxygens (including phenoxy) is 1. The SMILES string of the molecule is CCOC(=O)[C@H]1CN(Cc2ccccc2)C[C@@H](C)N1Cc1ccccc1. The zero-order valence-corrected chi connectivity index (χ0v) is 15.7. The van der Waals surface area contributed by atoms with Crippen LogP contribution in [0.4, 0.5) is 0 Å². The molecule has 0 saturated carbocycles. The lowest BCUT2D eigenvalue weighted by Gasteiger charge is -2.44. The lowest BCUT2D eigenvalue weighted by molar-refractivity contribution is -0.154. The molecule has 0 aromatic heterocycles. The molecule has 0 radical (unpaired) electrons. The maximum absolute atomic E-state index is 12.7. The molecule has 4 heteroatoms. The summed E-state index contributed by atoms with van der Waals surface area (Å²) in [4.78, 5) is 17.3. The van der Waals surface area contributed by atoms with Crippen LogP contribution in [0, 0.1) is 0 Å². The van der Waals surface area contributed by atoms with Gasteiger partial charge in [0.05, 0.1) is 6.61 Å². The number of carbonyl (C=O) groups excluding carboxylic acids is 1. The highest BCUT2D eigenvalue weighted by Gasteiger charge is 2.37. The van der Waals surface area contributed by atoms with Crippen LogP contribution in [0.5, 0.6) is 0 Å². The Balaban J connectivity index is 1.75. The average molecular weight is 352 g/mol. The van der Waals surface area contributed by atoms with E-state index >= 15 is 0 Å². The summed E-state index contributed by atoms with van der Waals surface area (Å²) < 4.78 is 5.39. The van der Waals surface area contributed by atoms with E-state index in [1.54, 1.807) is 0 Å². The number of benzene rings is 2. The molecule has 1 fully saturated rings. The van der Waals surface area contributed by atoms with E-state index < -0.39 is 0 Å². The largest absolute Gasteiger partial charge is 0.465 e. The predicted octanol–water partition coefficient (Wildman–Crippen LogP) is 3.32. The number of hydrogen-bond donors (Lipinski definition) is 0. The Hall–Kier alpha value is -2.17. The van der Waals surface area contributed by atoms with Crippen molar-refractivity contribution in [3.8, 4) is 0 Å². The highest BCUT2D eigenvalue weighted by molar-refractivity contribution is 5.76. The van der Waals surface area contributed by atoms with E-state index in [1.165, 1.54) is 11.1 Å². The Kier molecular flexibility index (Phi) is 6.42. The van der Waals surface area contributed by atoms with Crippen molar-refractivity contribution in [3.63, 3.8) is 0 Å². The molecular weight excluding hydrogens is 324 g/mol. The van der Waals surface area contributed by atoms with E-state index in [9.17, 15) is 4.79 Å². The fourth-order valence-corrected chi connectivity index (χ4v) is 3.69. The molecule has 2 aromatic rings. The van der Waals surface area contributed by atoms with Crippen LogP contribution in [0.3, 0.4) is 0 Å². The van der Waals surface area contributed by atoms with Crippen molar-refractivity contribution in [2.75, 3.05) is 19.7 Å². The van der Waals surface area contributed by atoms with Crippen molar-refractivity contribution < 1.29 is 9.53 Å². The van der Waals surface area contributed by atoms with Crippen LogP contribution < -0.4 is 0 Å². The van der Waals surface area contributed by atoms with Crippen LogP contribution >= 0.6 is 0 Å². The first-order valence-corrected chi connectivity index (χ1v) is 9.40. The van der Waals surface area contributed by atoms with Crippen molar-refractivity contribution in [1.82, 2.24) is 9.80 Å². The predicted molar refractivity (Wildman–Crippen MR) is 104 cm³/mol. The molecule has 0 bridgehead atoms. The smallest absolute Gasteiger partial charge is 0.324 e. The number of rotatable bonds is 6. The van der Waals surface area contributed by atoms with Crippen molar-refractivity contribution in [2.24, 2.45) is 0 Å². The average Bonchev–Trinajstić information content (AvgIpc) is 2.65. The molecule has 2 atom stereocenters. The van der Waals surface area contributed by atoms with Crippen molar-refractivity contribution >= 4 is 5.97 Å². The summed E-state index contributed by atoms with van der Waals surface area (Å²) >= 11 is 0. The van der Waals surface area contributed by atoms with Crippen LogP contribution in [0.2, 0.25) is 0 Å². The first kappa shape index (κ1) is 18.6. The van der Waals surface area contributed by atoms with Crippen LogP contribution in [0.25, 0.3) is 0 Å². The number of nitrogens with zero attached hydrogens (tertiary/aromatic N) is 2. The van der Waals surface area contributed by atoms with Crippen LogP contribution in [0.15, 0.2) is 60.7 Å². The molecule has 1 heterocycles. The summed E-state index contributed by atoms with van der Waals surface area (Å²) in [6.07, 6.45) is 0. The topological polar surface area (TPSA) is 32.8 Å². The minimum absolute atomic E-state index is 0.118. The van der Waals surface area contributed by atoms with Gasteiger partial charge in [-0.2, -0.15) is 0 Å². The summed E-state index contributed by atoms with van der Waals surface area (Å²) in [6.45, 7) is 7.76. The standard InChI is InChI=1S/C22H28N2O2/c1-3-26-22(25)21-17-23(15-19-10-6-4-7-11-19)14-18(2)24(21)16-20-12-8-5-9-13-20/h4-13,18,21H,3,14-17H2,1-2H3/t18-,21-/m1/s1. The Bertz CT molecular complexity index is 690. The van der Waals surface area contributed by atoms with Gasteiger partial charge in [-0.3, -0.25) is 14.6 Å². The second kappa shape index (κ2) is 8.97. The molecule has 0 amide bonds. The Morgan fingerprint density at radius 3 is 2.12 bits per heavy atom. The molecule has 1 saturated heterocycles. The van der Waals surface area contributed by atoms with Gasteiger partial charge >= 0.3 is 5.97 Å². The summed E-state index contributed by atoms with van der Waals surface area (Å²) in [6, 6.07) is 20.8. The first-order valence-electron chi connectivity index (χ1n) is 9.40. The van der Waals surface area contributed by atoms with E-state index in [4.69, 9.17) is 4.74 Å². The number of hydrogen-bond acceptors (Lipinski definition) is 4. The van der Waals surface area contributed by atoms with E-state index in [0.29, 0.717) is 13.2 Å². The second-order valence-corrected chi connectivity index (χ2v) is 6.95. The molecule has 2 aromatic carbocycles. The molecule has 1 aliphatic rings. The molecule has 138 valence electrons. The first-order chi connectivity index (χ1) is 12.7. The van der Waals surface area contributed by atoms with Gasteiger partial charge in [-0.05, 0) is 25.0 Å². The van der Waals surface area contributed by atoms with Gasteiger partial charge in [0.25, 0.3) is 0 Å². The highest BCUT2D eigenvalue weighted by Crippen LogP contribution is 2.22. The lowest BCUT2D eigenvalue weighted by Crippen LogP contribution is -2.60. The minimum Gasteiger partial charge on any atom is -0.465 e. The molecule has 0 unspecified atom stereocenters. The molecular formula is C22H28N2O2. The highest BCUT2D eigenvalue weighted by atomic mass is 16.5. The molecule has 3 rings (SSSR count). The zero-order valence-electron chi connectivity index (χ0n) is 15.7. The zero-order chi connectivity index (χ0) is 18.4. The maximum atomic E-state index is 12.7. The lowest BCUT2D eigenvalue weighted by atomic mass is 10.0. The quantitative estimate of drug-likeness (QED) is 0.747. The number of esters is 1. The summed E-state index contributed by atoms with van der Waals surface area (Å²) in [7, 11) is 0. The van der Waals surface area contributed by atoms with Crippen molar-refractivity contribution in [1.29, 1.82) is 0 Å². The maximum Gasteiger partial charge on any atom is 0.324 e. The summed E-state index contributed by atoms with van der Waals surface area (Å²) in [5.41, 5.74) is 2.50. The van der Waals surface area contributed by atoms with E-state index in [1.807, 2.05) is 31.2 Å². The third-order valence-electron chi connectivity index (χ3n) is 4.94. The molecule has 0 aliphatic carbocycles. The van der Waals surface area contributed by atoms with Crippen molar-refractivity contribution in [3.05, 3.63) is 71.8 Å². The number of piperazine rings is 1. The van der Waals surface area contributed by atoms with E-state index in [-0.39, 0.29) is 18.1 Å². The van der Waals surface area contributed by atoms with Gasteiger partial charge in [0.2, 0.25) is 0 Å². The van der Waals surface area contributed by atoms with Gasteiger partial charge < -0.3 is 4.74 Å². The van der Waals surface area contributed by atoms with Gasteiger partial charge in [0, 0.05) is 32.2 Å². The molecule has 4 nitrogen and oxygen atoms in total. The van der Waals surface area contributed by atoms with Crippen molar-refractivity contribution in [2.45, 2.75) is 39.0 Å². The fourth-order valence-electron chi connectivity index (χ4n) is 3.69. The minimum atomic E-state index is -0.234. The molecule has 26 heavy (non-hydrogen) atoms. The monoisotopic (exact) mass is 352 g/mol. The summed E-state index contributed by atoms with van der Waals surface area (Å²) in [5, 5.41) is 0. The van der Waals surface area contributed by atoms with Gasteiger partial charge in [-0.25, -0.2) is 0 Å². The molecule has 1 aliphatic heterocycles. The molecule has 0 N–H and O–H groups in total. The van der Waals surface area contributed by atoms with E-state index in [0.717, 1.165) is 19.6 Å². The van der Waals surface area contributed by atoms with Crippen LogP contribution in [-0.2, 0) is 22.6 Å². The Morgan fingerprint density at radius 2 is 1.54 bits per heavy atom. The van der Waals surface area contributed by atoms with Gasteiger partial charge in [-0.1, -0.05) is 60.7 Å². The number of carbonyl (C=O) groups is 1. The molecule has 0 spiro atoms.